The summed E-state index contributed by atoms with van der Waals surface area (Å²) in [5.41, 5.74) is 1.41. The highest BCUT2D eigenvalue weighted by atomic mass is 19.1. The van der Waals surface area contributed by atoms with Gasteiger partial charge in [0.1, 0.15) is 41.7 Å². The second kappa shape index (κ2) is 7.01. The van der Waals surface area contributed by atoms with Gasteiger partial charge in [-0.15, -0.1) is 0 Å². The van der Waals surface area contributed by atoms with Crippen LogP contribution in [0.4, 0.5) is 8.78 Å². The van der Waals surface area contributed by atoms with Crippen LogP contribution < -0.4 is 4.74 Å². The molecule has 0 aromatic heterocycles. The number of allylic oxidation sites excluding steroid dienone is 1. The molecule has 0 aliphatic carbocycles. The van der Waals surface area contributed by atoms with Gasteiger partial charge in [-0.25, -0.2) is 8.78 Å². The van der Waals surface area contributed by atoms with Gasteiger partial charge < -0.3 is 4.74 Å². The van der Waals surface area contributed by atoms with Gasteiger partial charge in [-0.05, 0) is 23.3 Å². The first-order valence-electron chi connectivity index (χ1n) is 6.30. The van der Waals surface area contributed by atoms with E-state index in [1.54, 1.807) is 36.4 Å². The minimum Gasteiger partial charge on any atom is -0.489 e. The maximum Gasteiger partial charge on any atom is 0.130 e. The van der Waals surface area contributed by atoms with E-state index >= 15 is 0 Å². The molecule has 0 amide bonds. The molecule has 0 spiro atoms. The molecule has 3 nitrogen and oxygen atoms in total. The highest BCUT2D eigenvalue weighted by Crippen LogP contribution is 2.17. The van der Waals surface area contributed by atoms with E-state index in [1.807, 2.05) is 0 Å². The average Bonchev–Trinajstić information content (AvgIpc) is 2.50. The Hall–Kier alpha value is -3.18. The lowest BCUT2D eigenvalue weighted by Gasteiger charge is -2.07. The zero-order valence-corrected chi connectivity index (χ0v) is 11.4. The average molecular weight is 296 g/mol. The summed E-state index contributed by atoms with van der Waals surface area (Å²) in [6.07, 6.45) is 1.45. The van der Waals surface area contributed by atoms with Gasteiger partial charge in [0.05, 0.1) is 0 Å². The standard InChI is InChI=1S/C17H10F2N2O/c18-15-6-16(19)8-17(7-15)22-11-13-3-1-2-12(4-13)5-14(9-20)10-21/h1-8H,11H2. The quantitative estimate of drug-likeness (QED) is 0.802. The first-order chi connectivity index (χ1) is 10.6. The van der Waals surface area contributed by atoms with Gasteiger partial charge in [-0.2, -0.15) is 10.5 Å². The van der Waals surface area contributed by atoms with Crippen molar-refractivity contribution in [1.29, 1.82) is 10.5 Å². The molecule has 0 fully saturated rings. The molecule has 0 saturated heterocycles. The lowest BCUT2D eigenvalue weighted by molar-refractivity contribution is 0.302. The molecule has 0 atom stereocenters. The normalized spacial score (nSPS) is 9.45. The number of hydrogen-bond donors (Lipinski definition) is 0. The van der Waals surface area contributed by atoms with Crippen LogP contribution in [0.3, 0.4) is 0 Å². The zero-order chi connectivity index (χ0) is 15.9. The van der Waals surface area contributed by atoms with E-state index in [-0.39, 0.29) is 17.9 Å². The maximum absolute atomic E-state index is 13.1. The molecule has 0 aliphatic rings. The fraction of sp³-hybridized carbons (Fsp3) is 0.0588. The van der Waals surface area contributed by atoms with Crippen LogP contribution in [-0.2, 0) is 6.61 Å². The van der Waals surface area contributed by atoms with E-state index in [2.05, 4.69) is 0 Å². The third-order valence-corrected chi connectivity index (χ3v) is 2.74. The molecule has 0 radical (unpaired) electrons. The van der Waals surface area contributed by atoms with Crippen molar-refractivity contribution in [2.75, 3.05) is 0 Å². The van der Waals surface area contributed by atoms with Gasteiger partial charge in [-0.3, -0.25) is 0 Å². The summed E-state index contributed by atoms with van der Waals surface area (Å²) >= 11 is 0. The highest BCUT2D eigenvalue weighted by Gasteiger charge is 2.03. The van der Waals surface area contributed by atoms with Gasteiger partial charge in [0.25, 0.3) is 0 Å². The summed E-state index contributed by atoms with van der Waals surface area (Å²) in [4.78, 5) is 0. The lowest BCUT2D eigenvalue weighted by Crippen LogP contribution is -1.97. The fourth-order valence-corrected chi connectivity index (χ4v) is 1.81. The van der Waals surface area contributed by atoms with Gasteiger partial charge in [-0.1, -0.05) is 18.2 Å². The van der Waals surface area contributed by atoms with Crippen molar-refractivity contribution in [1.82, 2.24) is 0 Å². The van der Waals surface area contributed by atoms with E-state index < -0.39 is 11.6 Å². The van der Waals surface area contributed by atoms with Gasteiger partial charge in [0.15, 0.2) is 0 Å². The van der Waals surface area contributed by atoms with E-state index in [0.717, 1.165) is 23.8 Å². The smallest absolute Gasteiger partial charge is 0.130 e. The third-order valence-electron chi connectivity index (χ3n) is 2.74. The summed E-state index contributed by atoms with van der Waals surface area (Å²) < 4.78 is 31.4. The first-order valence-corrected chi connectivity index (χ1v) is 6.30. The molecule has 0 unspecified atom stereocenters. The molecule has 2 aromatic rings. The van der Waals surface area contributed by atoms with Gasteiger partial charge in [0, 0.05) is 18.2 Å². The Morgan fingerprint density at radius 1 is 1.05 bits per heavy atom. The molecule has 0 bridgehead atoms. The Morgan fingerprint density at radius 3 is 2.36 bits per heavy atom. The zero-order valence-electron chi connectivity index (χ0n) is 11.4. The Morgan fingerprint density at radius 2 is 1.73 bits per heavy atom. The van der Waals surface area contributed by atoms with Gasteiger partial charge >= 0.3 is 0 Å². The Bertz CT molecular complexity index is 765. The van der Waals surface area contributed by atoms with Crippen LogP contribution >= 0.6 is 0 Å². The van der Waals surface area contributed by atoms with Crippen molar-refractivity contribution in [3.8, 4) is 17.9 Å². The van der Waals surface area contributed by atoms with Crippen molar-refractivity contribution >= 4 is 6.08 Å². The van der Waals surface area contributed by atoms with Crippen molar-refractivity contribution in [3.63, 3.8) is 0 Å². The minimum absolute atomic E-state index is 0.00901. The predicted octanol–water partition coefficient (Wildman–Crippen LogP) is 3.97. The monoisotopic (exact) mass is 296 g/mol. The van der Waals surface area contributed by atoms with Crippen LogP contribution in [0.2, 0.25) is 0 Å². The minimum atomic E-state index is -0.709. The van der Waals surface area contributed by atoms with Crippen molar-refractivity contribution in [2.24, 2.45) is 0 Å². The summed E-state index contributed by atoms with van der Waals surface area (Å²) in [6, 6.07) is 13.5. The van der Waals surface area contributed by atoms with Crippen LogP contribution in [0.25, 0.3) is 6.08 Å². The number of nitriles is 2. The fourth-order valence-electron chi connectivity index (χ4n) is 1.81. The van der Waals surface area contributed by atoms with E-state index in [9.17, 15) is 8.78 Å². The van der Waals surface area contributed by atoms with Crippen LogP contribution in [-0.4, -0.2) is 0 Å². The molecular weight excluding hydrogens is 286 g/mol. The van der Waals surface area contributed by atoms with Crippen LogP contribution in [0.1, 0.15) is 11.1 Å². The number of hydrogen-bond acceptors (Lipinski definition) is 3. The molecule has 0 saturated carbocycles. The Labute approximate surface area is 126 Å². The second-order valence-electron chi connectivity index (χ2n) is 4.42. The van der Waals surface area contributed by atoms with Crippen LogP contribution in [0, 0.1) is 34.3 Å². The first kappa shape index (κ1) is 15.2. The number of ether oxygens (including phenoxy) is 1. The van der Waals surface area contributed by atoms with Crippen molar-refractivity contribution < 1.29 is 13.5 Å². The van der Waals surface area contributed by atoms with E-state index in [1.165, 1.54) is 6.08 Å². The highest BCUT2D eigenvalue weighted by molar-refractivity contribution is 5.62. The van der Waals surface area contributed by atoms with Crippen molar-refractivity contribution in [3.05, 3.63) is 70.8 Å². The molecule has 0 N–H and O–H groups in total. The molecule has 5 heteroatoms. The predicted molar refractivity (Wildman–Crippen MR) is 76.3 cm³/mol. The SMILES string of the molecule is N#CC(C#N)=Cc1cccc(COc2cc(F)cc(F)c2)c1. The Kier molecular flexibility index (Phi) is 4.85. The summed E-state index contributed by atoms with van der Waals surface area (Å²) in [5, 5.41) is 17.4. The summed E-state index contributed by atoms with van der Waals surface area (Å²) in [5.74, 6) is -1.33. The molecule has 0 aliphatic heterocycles. The van der Waals surface area contributed by atoms with Crippen LogP contribution in [0.5, 0.6) is 5.75 Å². The third kappa shape index (κ3) is 4.16. The summed E-state index contributed by atoms with van der Waals surface area (Å²) in [6.45, 7) is 0.110. The lowest BCUT2D eigenvalue weighted by atomic mass is 10.1. The topological polar surface area (TPSA) is 56.8 Å². The number of rotatable bonds is 4. The number of halogens is 2. The van der Waals surface area contributed by atoms with E-state index in [0.29, 0.717) is 5.56 Å². The van der Waals surface area contributed by atoms with Crippen LogP contribution in [0.15, 0.2) is 48.0 Å². The molecule has 0 heterocycles. The maximum atomic E-state index is 13.1. The van der Waals surface area contributed by atoms with Crippen molar-refractivity contribution in [2.45, 2.75) is 6.61 Å². The number of nitrogens with zero attached hydrogens (tertiary/aromatic N) is 2. The van der Waals surface area contributed by atoms with E-state index in [4.69, 9.17) is 15.3 Å². The summed E-state index contributed by atoms with van der Waals surface area (Å²) in [7, 11) is 0. The molecule has 2 rings (SSSR count). The molecule has 2 aromatic carbocycles. The second-order valence-corrected chi connectivity index (χ2v) is 4.42. The molecule has 22 heavy (non-hydrogen) atoms. The van der Waals surface area contributed by atoms with Gasteiger partial charge in [0.2, 0.25) is 0 Å². The largest absolute Gasteiger partial charge is 0.489 e. The molecule has 108 valence electrons. The molecular formula is C17H10F2N2O. The Balaban J connectivity index is 2.13. The number of benzene rings is 2.